The average molecular weight is 246 g/mol. The Kier molecular flexibility index (Phi) is 13.9. The van der Waals surface area contributed by atoms with Crippen LogP contribution in [0.15, 0.2) is 0 Å². The molecule has 0 aromatic heterocycles. The van der Waals surface area contributed by atoms with Crippen LogP contribution in [-0.2, 0) is 0 Å². The maximum Gasteiger partial charge on any atom is 0.0104 e. The molecule has 0 aromatic rings. The molecule has 2 heterocycles. The first kappa shape index (κ1) is 19.2. The first-order valence-electron chi connectivity index (χ1n) is 6.07. The third-order valence-electron chi connectivity index (χ3n) is 2.90. The molecule has 0 bridgehead atoms. The fourth-order valence-electron chi connectivity index (χ4n) is 1.76. The van der Waals surface area contributed by atoms with Crippen molar-refractivity contribution >= 4 is 0 Å². The van der Waals surface area contributed by atoms with Gasteiger partial charge < -0.3 is 20.4 Å². The minimum Gasteiger partial charge on any atom is -0.315 e. The van der Waals surface area contributed by atoms with Gasteiger partial charge in [-0.1, -0.05) is 14.9 Å². The van der Waals surface area contributed by atoms with Crippen LogP contribution in [0.2, 0.25) is 0 Å². The van der Waals surface area contributed by atoms with E-state index >= 15 is 0 Å². The number of hydrogen-bond acceptors (Lipinski definition) is 4. The summed E-state index contributed by atoms with van der Waals surface area (Å²) in [6.45, 7) is 9.57. The molecule has 0 aromatic carbocycles. The highest BCUT2D eigenvalue weighted by atomic mass is 15.2. The van der Waals surface area contributed by atoms with Crippen LogP contribution < -0.4 is 10.6 Å². The van der Waals surface area contributed by atoms with Gasteiger partial charge in [0.1, 0.15) is 0 Å². The molecule has 2 aliphatic rings. The quantitative estimate of drug-likeness (QED) is 0.659. The van der Waals surface area contributed by atoms with Crippen molar-refractivity contribution in [1.82, 2.24) is 20.4 Å². The zero-order chi connectivity index (χ0) is 10.9. The van der Waals surface area contributed by atoms with Crippen molar-refractivity contribution in [3.8, 4) is 0 Å². The molecule has 0 atom stereocenters. The lowest BCUT2D eigenvalue weighted by Crippen LogP contribution is -2.40. The molecular formula is C13H34N4. The van der Waals surface area contributed by atoms with E-state index in [9.17, 15) is 0 Å². The summed E-state index contributed by atoms with van der Waals surface area (Å²) in [4.78, 5) is 4.69. The highest BCUT2D eigenvalue weighted by molar-refractivity contribution is 4.62. The monoisotopic (exact) mass is 246 g/mol. The standard InChI is InChI=1S/C6H14N2.C5H12N2.2CH4/c1-8-5-2-3-7-4-6-8;1-7-4-2-6-3-5-7;;/h7H,2-6H2,1H3;6H,2-5H2,1H3;2*1H4. The van der Waals surface area contributed by atoms with E-state index < -0.39 is 0 Å². The smallest absolute Gasteiger partial charge is 0.0104 e. The van der Waals surface area contributed by atoms with Crippen LogP contribution in [0.1, 0.15) is 21.3 Å². The second kappa shape index (κ2) is 12.3. The maximum atomic E-state index is 3.34. The molecule has 17 heavy (non-hydrogen) atoms. The van der Waals surface area contributed by atoms with E-state index in [0.29, 0.717) is 0 Å². The normalized spacial score (nSPS) is 22.2. The van der Waals surface area contributed by atoms with Gasteiger partial charge >= 0.3 is 0 Å². The topological polar surface area (TPSA) is 30.5 Å². The van der Waals surface area contributed by atoms with Crippen LogP contribution in [0.3, 0.4) is 0 Å². The average Bonchev–Trinajstić information content (AvgIpc) is 2.48. The summed E-state index contributed by atoms with van der Waals surface area (Å²) < 4.78 is 0. The minimum absolute atomic E-state index is 0. The summed E-state index contributed by atoms with van der Waals surface area (Å²) in [5.41, 5.74) is 0. The molecule has 0 amide bonds. The predicted octanol–water partition coefficient (Wildman–Crippen LogP) is 0.705. The van der Waals surface area contributed by atoms with E-state index in [1.165, 1.54) is 39.1 Å². The lowest BCUT2D eigenvalue weighted by molar-refractivity contribution is 0.291. The Morgan fingerprint density at radius 3 is 1.53 bits per heavy atom. The first-order chi connectivity index (χ1) is 7.29. The number of piperazine rings is 1. The van der Waals surface area contributed by atoms with Gasteiger partial charge in [-0.25, -0.2) is 0 Å². The number of hydrogen-bond donors (Lipinski definition) is 2. The lowest BCUT2D eigenvalue weighted by atomic mass is 10.4. The molecule has 2 aliphatic heterocycles. The summed E-state index contributed by atoms with van der Waals surface area (Å²) in [7, 11) is 4.33. The van der Waals surface area contributed by atoms with E-state index in [1.54, 1.807) is 0 Å². The fourth-order valence-corrected chi connectivity index (χ4v) is 1.76. The van der Waals surface area contributed by atoms with Gasteiger partial charge in [-0.15, -0.1) is 0 Å². The molecular weight excluding hydrogens is 212 g/mol. The van der Waals surface area contributed by atoms with Crippen molar-refractivity contribution in [2.24, 2.45) is 0 Å². The minimum atomic E-state index is 0. The Labute approximate surface area is 109 Å². The molecule has 0 unspecified atom stereocenters. The molecule has 2 saturated heterocycles. The lowest BCUT2D eigenvalue weighted by Gasteiger charge is -2.21. The van der Waals surface area contributed by atoms with E-state index in [2.05, 4.69) is 34.5 Å². The van der Waals surface area contributed by atoms with Crippen LogP contribution >= 0.6 is 0 Å². The Bertz CT molecular complexity index is 138. The Balaban J connectivity index is 0. The molecule has 4 heteroatoms. The molecule has 4 nitrogen and oxygen atoms in total. The number of likely N-dealkylation sites (N-methyl/N-ethyl adjacent to an activating group) is 2. The summed E-state index contributed by atoms with van der Waals surface area (Å²) in [5.74, 6) is 0. The van der Waals surface area contributed by atoms with Gasteiger partial charge in [0.25, 0.3) is 0 Å². The molecule has 2 rings (SSSR count). The first-order valence-corrected chi connectivity index (χ1v) is 6.07. The van der Waals surface area contributed by atoms with E-state index in [0.717, 1.165) is 19.6 Å². The second-order valence-corrected chi connectivity index (χ2v) is 4.46. The molecule has 2 N–H and O–H groups in total. The molecule has 0 radical (unpaired) electrons. The molecule has 106 valence electrons. The van der Waals surface area contributed by atoms with Crippen molar-refractivity contribution in [1.29, 1.82) is 0 Å². The van der Waals surface area contributed by atoms with Crippen molar-refractivity contribution in [2.45, 2.75) is 21.3 Å². The van der Waals surface area contributed by atoms with E-state index in [4.69, 9.17) is 0 Å². The number of nitrogens with one attached hydrogen (secondary N) is 2. The maximum absolute atomic E-state index is 3.34. The zero-order valence-corrected chi connectivity index (χ0v) is 10.3. The largest absolute Gasteiger partial charge is 0.315 e. The Hall–Kier alpha value is -0.160. The van der Waals surface area contributed by atoms with Gasteiger partial charge in [0.05, 0.1) is 0 Å². The van der Waals surface area contributed by atoms with Crippen LogP contribution in [0.5, 0.6) is 0 Å². The van der Waals surface area contributed by atoms with Crippen molar-refractivity contribution in [3.05, 3.63) is 0 Å². The molecule has 2 fully saturated rings. The highest BCUT2D eigenvalue weighted by Gasteiger charge is 2.01. The second-order valence-electron chi connectivity index (χ2n) is 4.46. The summed E-state index contributed by atoms with van der Waals surface area (Å²) in [6, 6.07) is 0. The summed E-state index contributed by atoms with van der Waals surface area (Å²) >= 11 is 0. The highest BCUT2D eigenvalue weighted by Crippen LogP contribution is 1.88. The predicted molar refractivity (Wildman–Crippen MR) is 78.8 cm³/mol. The van der Waals surface area contributed by atoms with Crippen LogP contribution in [-0.4, -0.2) is 76.3 Å². The van der Waals surface area contributed by atoms with Gasteiger partial charge in [0.15, 0.2) is 0 Å². The summed E-state index contributed by atoms with van der Waals surface area (Å²) in [5, 5.41) is 6.61. The van der Waals surface area contributed by atoms with Crippen LogP contribution in [0, 0.1) is 0 Å². The molecule has 0 spiro atoms. The Morgan fingerprint density at radius 2 is 1.06 bits per heavy atom. The number of rotatable bonds is 0. The molecule has 0 saturated carbocycles. The SMILES string of the molecule is C.C.CN1CCCNCC1.CN1CCNCC1. The third-order valence-corrected chi connectivity index (χ3v) is 2.90. The Morgan fingerprint density at radius 1 is 0.647 bits per heavy atom. The zero-order valence-electron chi connectivity index (χ0n) is 10.3. The van der Waals surface area contributed by atoms with E-state index in [1.807, 2.05) is 0 Å². The van der Waals surface area contributed by atoms with Gasteiger partial charge in [-0.05, 0) is 33.6 Å². The number of nitrogens with zero attached hydrogens (tertiary/aromatic N) is 2. The van der Waals surface area contributed by atoms with Gasteiger partial charge in [0.2, 0.25) is 0 Å². The molecule has 0 aliphatic carbocycles. The van der Waals surface area contributed by atoms with Crippen LogP contribution in [0.25, 0.3) is 0 Å². The van der Waals surface area contributed by atoms with Crippen LogP contribution in [0.4, 0.5) is 0 Å². The van der Waals surface area contributed by atoms with Gasteiger partial charge in [0, 0.05) is 39.3 Å². The van der Waals surface area contributed by atoms with E-state index in [-0.39, 0.29) is 14.9 Å². The summed E-state index contributed by atoms with van der Waals surface area (Å²) in [6.07, 6.45) is 1.30. The van der Waals surface area contributed by atoms with Crippen molar-refractivity contribution in [3.63, 3.8) is 0 Å². The van der Waals surface area contributed by atoms with Crippen molar-refractivity contribution < 1.29 is 0 Å². The van der Waals surface area contributed by atoms with Gasteiger partial charge in [-0.3, -0.25) is 0 Å². The third kappa shape index (κ3) is 10.7. The van der Waals surface area contributed by atoms with Gasteiger partial charge in [-0.2, -0.15) is 0 Å². The fraction of sp³-hybridized carbons (Fsp3) is 1.00. The van der Waals surface area contributed by atoms with Crippen molar-refractivity contribution in [2.75, 3.05) is 66.5 Å².